The van der Waals surface area contributed by atoms with Gasteiger partial charge < -0.3 is 39.2 Å². The van der Waals surface area contributed by atoms with Crippen molar-refractivity contribution in [2.75, 3.05) is 26.5 Å². The molecule has 0 atom stereocenters. The van der Waals surface area contributed by atoms with Gasteiger partial charge in [0.15, 0.2) is 0 Å². The topological polar surface area (TPSA) is 227 Å². The van der Waals surface area contributed by atoms with E-state index < -0.39 is 12.2 Å². The van der Waals surface area contributed by atoms with Gasteiger partial charge in [-0.15, -0.1) is 4.32 Å². The van der Waals surface area contributed by atoms with Gasteiger partial charge in [-0.3, -0.25) is 14.6 Å². The Balaban J connectivity index is -0.0000000361. The van der Waals surface area contributed by atoms with Crippen molar-refractivity contribution >= 4 is 60.9 Å². The first-order valence-corrected chi connectivity index (χ1v) is 12.0. The average Bonchev–Trinajstić information content (AvgIpc) is 3.06. The number of amides is 2. The predicted molar refractivity (Wildman–Crippen MR) is 140 cm³/mol. The Morgan fingerprint density at radius 1 is 0.791 bits per heavy atom. The van der Waals surface area contributed by atoms with Crippen LogP contribution in [0, 0.1) is 53.2 Å². The summed E-state index contributed by atoms with van der Waals surface area (Å²) >= 11 is 9.18. The van der Waals surface area contributed by atoms with Gasteiger partial charge in [-0.1, -0.05) is 38.3 Å². The first-order chi connectivity index (χ1) is 19.8. The Morgan fingerprint density at radius 2 is 1.12 bits per heavy atom. The molecule has 0 saturated heterocycles. The van der Waals surface area contributed by atoms with Gasteiger partial charge in [0.25, 0.3) is 0 Å². The fraction of sp³-hybridized carbons (Fsp3) is 0.250. The summed E-state index contributed by atoms with van der Waals surface area (Å²) in [6.07, 6.45) is 0.329. The molecule has 0 aliphatic rings. The molecule has 2 radical (unpaired) electrons. The molecule has 0 aliphatic carbocycles. The molecular weight excluding hydrogens is 976 g/mol. The van der Waals surface area contributed by atoms with Crippen LogP contribution in [0.25, 0.3) is 0 Å². The summed E-state index contributed by atoms with van der Waals surface area (Å²) in [4.78, 5) is 25.9. The van der Waals surface area contributed by atoms with E-state index in [9.17, 15) is 9.59 Å². The third-order valence-corrected chi connectivity index (χ3v) is 4.11. The average molecular weight is 997 g/mol. The maximum Gasteiger partial charge on any atom is 0 e. The summed E-state index contributed by atoms with van der Waals surface area (Å²) in [5.74, 6) is 0. The fourth-order valence-corrected chi connectivity index (χ4v) is 2.32. The maximum atomic E-state index is 11.2. The van der Waals surface area contributed by atoms with Crippen molar-refractivity contribution in [2.24, 2.45) is 4.99 Å². The van der Waals surface area contributed by atoms with E-state index >= 15 is 0 Å². The second-order valence-corrected chi connectivity index (χ2v) is 7.78. The molecule has 0 spiro atoms. The monoisotopic (exact) mass is 998 g/mol. The molecule has 0 aromatic heterocycles. The van der Waals surface area contributed by atoms with E-state index in [1.54, 1.807) is 13.8 Å². The first kappa shape index (κ1) is 72.7. The van der Waals surface area contributed by atoms with Gasteiger partial charge in [0.1, 0.15) is 0 Å². The molecular formula is C24H21N2O12PRe2S2-2. The van der Waals surface area contributed by atoms with E-state index in [2.05, 4.69) is 143 Å². The molecule has 1 aromatic carbocycles. The molecule has 1 aromatic rings. The van der Waals surface area contributed by atoms with Crippen LogP contribution in [0.3, 0.4) is 0 Å². The zero-order chi connectivity index (χ0) is 35.2. The number of nitrogens with zero attached hydrogens (tertiary/aromatic N) is 2. The van der Waals surface area contributed by atoms with E-state index in [0.717, 1.165) is 0 Å². The fourth-order valence-electron chi connectivity index (χ4n) is 1.32. The van der Waals surface area contributed by atoms with E-state index in [-0.39, 0.29) is 66.3 Å². The first-order valence-electron chi connectivity index (χ1n) is 9.00. The summed E-state index contributed by atoms with van der Waals surface area (Å²) in [6, 6.07) is 10.6. The van der Waals surface area contributed by atoms with Crippen molar-refractivity contribution in [1.29, 1.82) is 0 Å². The van der Waals surface area contributed by atoms with Gasteiger partial charge >= 0.3 is 103 Å². The number of hydrogen-bond donors (Lipinski definition) is 0. The predicted octanol–water partition coefficient (Wildman–Crippen LogP) is 3.09. The van der Waals surface area contributed by atoms with E-state index in [1.165, 1.54) is 5.30 Å². The SMILES string of the molecule is CCOC(=O)N=[C-]N(C(=O)OCC)C(=S)[S-].CP(C)c1ccccc1.[C-]#[O+].[C-]#[O+].[C-]#[O+].[C-]#[O+].[C-]#[O+].[C-]#[O+].[C-]#[O+].[C-]#[O+].[Re].[Re]. The maximum absolute atomic E-state index is 11.2. The molecule has 0 aliphatic heterocycles. The second-order valence-electron chi connectivity index (χ2n) is 4.44. The normalized spacial score (nSPS) is 6.16. The van der Waals surface area contributed by atoms with Crippen molar-refractivity contribution in [2.45, 2.75) is 13.8 Å². The Bertz CT molecular complexity index is 863. The molecule has 2 amide bonds. The van der Waals surface area contributed by atoms with Crippen LogP contribution in [-0.4, -0.2) is 54.3 Å². The molecule has 0 heterocycles. The van der Waals surface area contributed by atoms with Gasteiger partial charge in [-0.25, -0.2) is 0 Å². The van der Waals surface area contributed by atoms with Crippen LogP contribution in [0.2, 0.25) is 0 Å². The Kier molecular flexibility index (Phi) is 141. The van der Waals surface area contributed by atoms with Crippen LogP contribution in [-0.2, 0) is 100 Å². The third-order valence-electron chi connectivity index (χ3n) is 2.41. The zero-order valence-electron chi connectivity index (χ0n) is 22.6. The number of aliphatic imine (C=N–C) groups is 1. The smallest absolute Gasteiger partial charge is 0 e. The zero-order valence-corrected chi connectivity index (χ0v) is 30.6. The number of hydrogen-bond acceptors (Lipinski definition) is 6. The standard InChI is InChI=1S/C8H11N2O4S2.C8H11P.8CO.2Re/c1-3-13-6(11)9-5-10(8(15)16)7(12)14-4-2;1-9(2)8-6-4-3-5-7-8;8*1-2;;/h3-4H2,1-2H3,(H,15,16);3-7H,1-2H3;;;;;;;;;;/q-1;;;;;;;;;;;/p-1. The van der Waals surface area contributed by atoms with Gasteiger partial charge in [-0.2, -0.15) is 0 Å². The van der Waals surface area contributed by atoms with Crippen LogP contribution in [0.4, 0.5) is 9.59 Å². The second kappa shape index (κ2) is 83.4. The van der Waals surface area contributed by atoms with Gasteiger partial charge in [0.05, 0.1) is 19.6 Å². The van der Waals surface area contributed by atoms with Crippen molar-refractivity contribution in [1.82, 2.24) is 4.90 Å². The minimum atomic E-state index is -0.886. The number of thiocarbonyl (C=S) groups is 1. The molecule has 14 nitrogen and oxygen atoms in total. The summed E-state index contributed by atoms with van der Waals surface area (Å²) in [6.45, 7) is 44.1. The molecule has 0 bridgehead atoms. The summed E-state index contributed by atoms with van der Waals surface area (Å²) < 4.78 is 68.9. The number of carbonyl (C=O) groups excluding carboxylic acids is 2. The van der Waals surface area contributed by atoms with Gasteiger partial charge in [0.2, 0.25) is 0 Å². The molecule has 0 fully saturated rings. The van der Waals surface area contributed by atoms with E-state index in [0.29, 0.717) is 4.90 Å². The molecule has 19 heteroatoms. The van der Waals surface area contributed by atoms with Crippen LogP contribution in [0.15, 0.2) is 35.3 Å². The van der Waals surface area contributed by atoms with Crippen LogP contribution in [0.1, 0.15) is 13.8 Å². The van der Waals surface area contributed by atoms with Crippen LogP contribution < -0.4 is 5.30 Å². The van der Waals surface area contributed by atoms with Crippen molar-refractivity contribution in [3.63, 3.8) is 0 Å². The molecule has 0 saturated carbocycles. The minimum Gasteiger partial charge on any atom is 0 e. The number of benzene rings is 1. The van der Waals surface area contributed by atoms with Crippen molar-refractivity contribution < 1.29 is 97.1 Å². The van der Waals surface area contributed by atoms with Gasteiger partial charge in [-0.05, 0) is 32.5 Å². The largest absolute Gasteiger partial charge is 0 e. The van der Waals surface area contributed by atoms with Crippen LogP contribution >= 0.6 is 20.1 Å². The van der Waals surface area contributed by atoms with Crippen LogP contribution in [0.5, 0.6) is 0 Å². The Morgan fingerprint density at radius 3 is 1.35 bits per heavy atom. The molecule has 43 heavy (non-hydrogen) atoms. The molecule has 0 N–H and O–H groups in total. The van der Waals surface area contributed by atoms with E-state index in [1.807, 2.05) is 0 Å². The Labute approximate surface area is 290 Å². The number of carbonyl (C=O) groups is 2. The van der Waals surface area contributed by atoms with Crippen molar-refractivity contribution in [3.05, 3.63) is 83.5 Å². The number of rotatable bonds is 4. The number of ether oxygens (including phenoxy) is 2. The van der Waals surface area contributed by atoms with E-state index in [4.69, 9.17) is 37.2 Å². The van der Waals surface area contributed by atoms with Gasteiger partial charge in [0, 0.05) is 40.8 Å². The molecule has 0 unspecified atom stereocenters. The Hall–Kier alpha value is -2.39. The third kappa shape index (κ3) is 68.5. The molecule has 1 rings (SSSR count). The molecule has 232 valence electrons. The minimum absolute atomic E-state index is 0. The summed E-state index contributed by atoms with van der Waals surface area (Å²) in [7, 11) is 0.104. The summed E-state index contributed by atoms with van der Waals surface area (Å²) in [5, 5.41) is 1.48. The van der Waals surface area contributed by atoms with Crippen molar-refractivity contribution in [3.8, 4) is 0 Å². The quantitative estimate of drug-likeness (QED) is 0.0644. The summed E-state index contributed by atoms with van der Waals surface area (Å²) in [5.41, 5.74) is 0.